The van der Waals surface area contributed by atoms with Crippen molar-refractivity contribution < 1.29 is 37.4 Å². The van der Waals surface area contributed by atoms with Gasteiger partial charge in [-0.15, -0.1) is 6.42 Å². The highest BCUT2D eigenvalue weighted by Gasteiger charge is 2.56. The molecule has 11 nitrogen and oxygen atoms in total. The van der Waals surface area contributed by atoms with Crippen LogP contribution in [-0.4, -0.2) is 57.3 Å². The lowest BCUT2D eigenvalue weighted by atomic mass is 9.98. The van der Waals surface area contributed by atoms with Crippen molar-refractivity contribution in [3.05, 3.63) is 47.4 Å². The number of terminal acetylenes is 1. The van der Waals surface area contributed by atoms with E-state index in [9.17, 15) is 14.5 Å². The lowest BCUT2D eigenvalue weighted by Gasteiger charge is -2.29. The normalized spacial score (nSPS) is 25.7. The van der Waals surface area contributed by atoms with Gasteiger partial charge in [-0.3, -0.25) is 13.9 Å². The molecule has 0 amide bonds. The summed E-state index contributed by atoms with van der Waals surface area (Å²) in [4.78, 5) is 16.2. The summed E-state index contributed by atoms with van der Waals surface area (Å²) in [6, 6.07) is 8.23. The highest BCUT2D eigenvalue weighted by Crippen LogP contribution is 2.48. The molecule has 0 saturated carbocycles. The number of anilines is 1. The van der Waals surface area contributed by atoms with E-state index < -0.39 is 56.6 Å². The van der Waals surface area contributed by atoms with E-state index in [2.05, 4.69) is 16.0 Å². The molecule has 1 fully saturated rings. The molecule has 0 bridgehead atoms. The molecule has 37 heavy (non-hydrogen) atoms. The molecule has 14 heteroatoms. The SMILES string of the molecule is C#C[C@]1(COP(=O)(N[C@@H](C)C(=O)OC(C)C)Oc2ccccc2)O[C@@H](n2ccc(N)nc2=S)[C@@H](F)[C@H]1O. The fraction of sp³-hybridized carbons (Fsp3) is 0.435. The second kappa shape index (κ2) is 11.7. The molecule has 1 saturated heterocycles. The third-order valence-electron chi connectivity index (χ3n) is 5.23. The van der Waals surface area contributed by atoms with E-state index in [1.807, 2.05) is 0 Å². The number of carbonyl (C=O) groups excluding carboxylic acids is 1. The topological polar surface area (TPSA) is 147 Å². The Morgan fingerprint density at radius 2 is 2.08 bits per heavy atom. The van der Waals surface area contributed by atoms with Gasteiger partial charge in [-0.25, -0.2) is 13.9 Å². The molecule has 200 valence electrons. The average molecular weight is 555 g/mol. The molecular weight excluding hydrogens is 526 g/mol. The molecule has 0 spiro atoms. The molecule has 1 unspecified atom stereocenters. The lowest BCUT2D eigenvalue weighted by molar-refractivity contribution is -0.149. The van der Waals surface area contributed by atoms with Crippen molar-refractivity contribution in [2.75, 3.05) is 12.3 Å². The van der Waals surface area contributed by atoms with Crippen LogP contribution in [-0.2, 0) is 23.4 Å². The van der Waals surface area contributed by atoms with Gasteiger partial charge >= 0.3 is 13.7 Å². The van der Waals surface area contributed by atoms with Gasteiger partial charge in [-0.2, -0.15) is 5.09 Å². The van der Waals surface area contributed by atoms with E-state index in [0.717, 1.165) is 4.57 Å². The molecule has 0 radical (unpaired) electrons. The number of aliphatic hydroxyl groups is 1. The minimum Gasteiger partial charge on any atom is -0.462 e. The van der Waals surface area contributed by atoms with Crippen molar-refractivity contribution in [1.82, 2.24) is 14.6 Å². The summed E-state index contributed by atoms with van der Waals surface area (Å²) in [5.41, 5.74) is 3.50. The van der Waals surface area contributed by atoms with E-state index in [-0.39, 0.29) is 16.3 Å². The maximum Gasteiger partial charge on any atom is 0.459 e. The quantitative estimate of drug-likeness (QED) is 0.172. The van der Waals surface area contributed by atoms with E-state index in [1.54, 1.807) is 32.0 Å². The molecule has 2 heterocycles. The molecule has 1 aromatic heterocycles. The Hall–Kier alpha value is -2.85. The third-order valence-corrected chi connectivity index (χ3v) is 7.15. The number of esters is 1. The van der Waals surface area contributed by atoms with E-state index in [1.165, 1.54) is 31.3 Å². The predicted octanol–water partition coefficient (Wildman–Crippen LogP) is 2.93. The van der Waals surface area contributed by atoms with Crippen molar-refractivity contribution >= 4 is 31.8 Å². The number of nitrogens with two attached hydrogens (primary N) is 1. The summed E-state index contributed by atoms with van der Waals surface area (Å²) in [5.74, 6) is 1.74. The Balaban J connectivity index is 1.86. The van der Waals surface area contributed by atoms with Gasteiger partial charge < -0.3 is 24.8 Å². The van der Waals surface area contributed by atoms with Crippen LogP contribution in [0, 0.1) is 17.1 Å². The van der Waals surface area contributed by atoms with Gasteiger partial charge in [0.25, 0.3) is 0 Å². The number of alkyl halides is 1. The lowest BCUT2D eigenvalue weighted by Crippen LogP contribution is -2.45. The smallest absolute Gasteiger partial charge is 0.459 e. The van der Waals surface area contributed by atoms with Crippen LogP contribution in [0.2, 0.25) is 0 Å². The highest BCUT2D eigenvalue weighted by atomic mass is 32.1. The number of nitrogens with zero attached hydrogens (tertiary/aromatic N) is 2. The number of halogens is 1. The Kier molecular flexibility index (Phi) is 9.07. The monoisotopic (exact) mass is 554 g/mol. The number of hydrogen-bond donors (Lipinski definition) is 3. The Bertz CT molecular complexity index is 1260. The van der Waals surface area contributed by atoms with Gasteiger partial charge in [-0.1, -0.05) is 24.1 Å². The first-order valence-corrected chi connectivity index (χ1v) is 13.1. The Labute approximate surface area is 218 Å². The second-order valence-corrected chi connectivity index (χ2v) is 10.5. The van der Waals surface area contributed by atoms with E-state index >= 15 is 4.39 Å². The third kappa shape index (κ3) is 6.73. The van der Waals surface area contributed by atoms with E-state index in [0.29, 0.717) is 0 Å². The molecule has 6 atom stereocenters. The van der Waals surface area contributed by atoms with Crippen molar-refractivity contribution in [2.24, 2.45) is 0 Å². The van der Waals surface area contributed by atoms with Gasteiger partial charge in [0.2, 0.25) is 4.77 Å². The summed E-state index contributed by atoms with van der Waals surface area (Å²) < 4.78 is 51.9. The van der Waals surface area contributed by atoms with Gasteiger partial charge in [0.05, 0.1) is 6.10 Å². The molecular formula is C23H28FN4O7PS. The molecule has 1 aromatic carbocycles. The molecule has 4 N–H and O–H groups in total. The summed E-state index contributed by atoms with van der Waals surface area (Å²) in [7, 11) is -4.37. The maximum absolute atomic E-state index is 15.2. The largest absolute Gasteiger partial charge is 0.462 e. The Morgan fingerprint density at radius 3 is 2.68 bits per heavy atom. The van der Waals surface area contributed by atoms with Crippen molar-refractivity contribution in [3.63, 3.8) is 0 Å². The van der Waals surface area contributed by atoms with Crippen LogP contribution in [0.4, 0.5) is 10.2 Å². The van der Waals surface area contributed by atoms with Crippen molar-refractivity contribution in [3.8, 4) is 18.1 Å². The van der Waals surface area contributed by atoms with Crippen LogP contribution >= 0.6 is 20.0 Å². The number of nitrogen functional groups attached to an aromatic ring is 1. The molecule has 0 aliphatic carbocycles. The number of hydrogen-bond acceptors (Lipinski definition) is 10. The number of para-hydroxylation sites is 1. The first-order chi connectivity index (χ1) is 17.4. The first-order valence-electron chi connectivity index (χ1n) is 11.2. The van der Waals surface area contributed by atoms with Crippen LogP contribution in [0.5, 0.6) is 5.75 Å². The van der Waals surface area contributed by atoms with Crippen LogP contribution in [0.1, 0.15) is 27.0 Å². The second-order valence-electron chi connectivity index (χ2n) is 8.49. The number of benzene rings is 1. The zero-order valence-corrected chi connectivity index (χ0v) is 22.0. The zero-order chi connectivity index (χ0) is 27.4. The zero-order valence-electron chi connectivity index (χ0n) is 20.3. The standard InChI is InChI=1S/C23H28FN4O7PS/c1-5-23(19(29)18(24)20(34-23)28-12-11-17(25)26-22(28)37)13-32-36(31,35-16-9-7-6-8-10-16)27-15(4)21(30)33-14(2)3/h1,6-12,14-15,18-20,29H,13H2,2-4H3,(H,27,31)(H2,25,26,37)/t15-,18-,19+,20+,23+,36?/m0/s1. The highest BCUT2D eigenvalue weighted by molar-refractivity contribution is 7.71. The van der Waals surface area contributed by atoms with E-state index in [4.69, 9.17) is 42.9 Å². The number of aromatic nitrogens is 2. The maximum atomic E-state index is 15.2. The average Bonchev–Trinajstić information content (AvgIpc) is 3.08. The van der Waals surface area contributed by atoms with Gasteiger partial charge in [0, 0.05) is 6.20 Å². The molecule has 3 rings (SSSR count). The van der Waals surface area contributed by atoms with Crippen LogP contribution < -0.4 is 15.3 Å². The predicted molar refractivity (Wildman–Crippen MR) is 135 cm³/mol. The summed E-state index contributed by atoms with van der Waals surface area (Å²) in [5, 5.41) is 13.2. The number of rotatable bonds is 10. The molecule has 1 aliphatic rings. The summed E-state index contributed by atoms with van der Waals surface area (Å²) in [6.45, 7) is 3.93. The number of ether oxygens (including phenoxy) is 2. The molecule has 1 aliphatic heterocycles. The van der Waals surface area contributed by atoms with Gasteiger partial charge in [-0.05, 0) is 51.2 Å². The number of nitrogens with one attached hydrogen (secondary N) is 1. The van der Waals surface area contributed by atoms with Crippen LogP contribution in [0.3, 0.4) is 0 Å². The van der Waals surface area contributed by atoms with Gasteiger partial charge in [0.15, 0.2) is 18.0 Å². The number of aliphatic hydroxyl groups excluding tert-OH is 1. The molecule has 2 aromatic rings. The summed E-state index contributed by atoms with van der Waals surface area (Å²) in [6.07, 6.45) is 1.11. The van der Waals surface area contributed by atoms with Gasteiger partial charge in [0.1, 0.15) is 30.3 Å². The van der Waals surface area contributed by atoms with Crippen LogP contribution in [0.25, 0.3) is 0 Å². The Morgan fingerprint density at radius 1 is 1.41 bits per heavy atom. The first kappa shape index (κ1) is 28.7. The fourth-order valence-corrected chi connectivity index (χ4v) is 5.18. The summed E-state index contributed by atoms with van der Waals surface area (Å²) >= 11 is 5.12. The fourth-order valence-electron chi connectivity index (χ4n) is 3.39. The minimum atomic E-state index is -4.37. The van der Waals surface area contributed by atoms with Crippen molar-refractivity contribution in [2.45, 2.75) is 57.0 Å². The van der Waals surface area contributed by atoms with Crippen LogP contribution in [0.15, 0.2) is 42.6 Å². The van der Waals surface area contributed by atoms with Crippen molar-refractivity contribution in [1.29, 1.82) is 0 Å². The number of carbonyl (C=O) groups is 1. The minimum absolute atomic E-state index is 0.106.